The summed E-state index contributed by atoms with van der Waals surface area (Å²) in [5.41, 5.74) is 1.99. The van der Waals surface area contributed by atoms with Gasteiger partial charge in [0.05, 0.1) is 5.75 Å². The van der Waals surface area contributed by atoms with Gasteiger partial charge in [0, 0.05) is 11.9 Å². The van der Waals surface area contributed by atoms with Gasteiger partial charge in [-0.1, -0.05) is 37.2 Å². The number of nitrogens with one attached hydrogen (secondary N) is 2. The van der Waals surface area contributed by atoms with Crippen LogP contribution in [-0.4, -0.2) is 34.2 Å². The zero-order chi connectivity index (χ0) is 17.6. The lowest BCUT2D eigenvalue weighted by Gasteiger charge is -2.05. The average Bonchev–Trinajstić information content (AvgIpc) is 2.99. The molecule has 2 N–H and O–H groups in total. The van der Waals surface area contributed by atoms with Gasteiger partial charge in [-0.2, -0.15) is 0 Å². The van der Waals surface area contributed by atoms with Gasteiger partial charge in [-0.3, -0.25) is 10.1 Å². The van der Waals surface area contributed by atoms with Crippen LogP contribution in [0.3, 0.4) is 0 Å². The Bertz CT molecular complexity index is 909. The molecule has 0 saturated heterocycles. The fourth-order valence-electron chi connectivity index (χ4n) is 2.32. The van der Waals surface area contributed by atoms with E-state index in [1.54, 1.807) is 0 Å². The fraction of sp³-hybridized carbons (Fsp3) is 0.294. The number of aromatic nitrogens is 2. The molecule has 3 amide bonds. The Morgan fingerprint density at radius 2 is 2.08 bits per heavy atom. The van der Waals surface area contributed by atoms with Crippen LogP contribution in [0.2, 0.25) is 0 Å². The van der Waals surface area contributed by atoms with Crippen molar-refractivity contribution in [2.75, 3.05) is 12.3 Å². The third-order valence-corrected chi connectivity index (χ3v) is 4.50. The molecule has 0 spiro atoms. The highest BCUT2D eigenvalue weighted by molar-refractivity contribution is 8.00. The molecule has 0 fully saturated rings. The lowest BCUT2D eigenvalue weighted by Crippen LogP contribution is -2.40. The fourth-order valence-corrected chi connectivity index (χ4v) is 3.06. The summed E-state index contributed by atoms with van der Waals surface area (Å²) >= 11 is 1.21. The van der Waals surface area contributed by atoms with Gasteiger partial charge in [0.15, 0.2) is 5.58 Å². The summed E-state index contributed by atoms with van der Waals surface area (Å²) in [5, 5.41) is 6.41. The zero-order valence-corrected chi connectivity index (χ0v) is 14.6. The SMILES string of the molecule is CCCCNC(=O)NC(=O)CSc1ncnc2c1oc1ccccc12. The van der Waals surface area contributed by atoms with E-state index in [4.69, 9.17) is 4.42 Å². The number of carbonyl (C=O) groups excluding carboxylic acids is 2. The zero-order valence-electron chi connectivity index (χ0n) is 13.7. The molecule has 2 heterocycles. The highest BCUT2D eigenvalue weighted by atomic mass is 32.2. The number of benzene rings is 1. The third-order valence-electron chi connectivity index (χ3n) is 3.53. The topological polar surface area (TPSA) is 97.1 Å². The number of para-hydroxylation sites is 1. The van der Waals surface area contributed by atoms with Crippen LogP contribution in [0.4, 0.5) is 4.79 Å². The van der Waals surface area contributed by atoms with Gasteiger partial charge in [0.2, 0.25) is 5.91 Å². The maximum absolute atomic E-state index is 11.9. The standard InChI is InChI=1S/C17H18N4O3S/c1-2-3-8-18-17(23)21-13(22)9-25-16-15-14(19-10-20-16)11-6-4-5-7-12(11)24-15/h4-7,10H,2-3,8-9H2,1H3,(H2,18,21,22,23). The van der Waals surface area contributed by atoms with Gasteiger partial charge in [0.1, 0.15) is 22.5 Å². The van der Waals surface area contributed by atoms with Gasteiger partial charge in [-0.25, -0.2) is 14.8 Å². The molecule has 7 nitrogen and oxygen atoms in total. The summed E-state index contributed by atoms with van der Waals surface area (Å²) in [4.78, 5) is 31.9. The predicted octanol–water partition coefficient (Wildman–Crippen LogP) is 3.09. The summed E-state index contributed by atoms with van der Waals surface area (Å²) in [6, 6.07) is 7.11. The Balaban J connectivity index is 1.65. The van der Waals surface area contributed by atoms with E-state index < -0.39 is 6.03 Å². The van der Waals surface area contributed by atoms with Crippen molar-refractivity contribution >= 4 is 45.8 Å². The van der Waals surface area contributed by atoms with Gasteiger partial charge >= 0.3 is 6.03 Å². The van der Waals surface area contributed by atoms with Crippen molar-refractivity contribution in [3.63, 3.8) is 0 Å². The highest BCUT2D eigenvalue weighted by Gasteiger charge is 2.15. The smallest absolute Gasteiger partial charge is 0.321 e. The van der Waals surface area contributed by atoms with E-state index in [1.807, 2.05) is 31.2 Å². The molecular weight excluding hydrogens is 340 g/mol. The monoisotopic (exact) mass is 358 g/mol. The lowest BCUT2D eigenvalue weighted by molar-refractivity contribution is -0.117. The normalized spacial score (nSPS) is 10.9. The third kappa shape index (κ3) is 4.08. The number of nitrogens with zero attached hydrogens (tertiary/aromatic N) is 2. The number of hydrogen-bond donors (Lipinski definition) is 2. The molecule has 0 unspecified atom stereocenters. The molecule has 0 aliphatic rings. The first-order valence-electron chi connectivity index (χ1n) is 8.01. The van der Waals surface area contributed by atoms with Crippen LogP contribution >= 0.6 is 11.8 Å². The first-order chi connectivity index (χ1) is 12.2. The van der Waals surface area contributed by atoms with Crippen molar-refractivity contribution in [2.24, 2.45) is 0 Å². The number of rotatable bonds is 6. The quantitative estimate of drug-likeness (QED) is 0.399. The molecule has 25 heavy (non-hydrogen) atoms. The van der Waals surface area contributed by atoms with E-state index >= 15 is 0 Å². The maximum Gasteiger partial charge on any atom is 0.321 e. The summed E-state index contributed by atoms with van der Waals surface area (Å²) in [6.45, 7) is 2.58. The van der Waals surface area contributed by atoms with E-state index in [1.165, 1.54) is 18.1 Å². The molecule has 3 aromatic rings. The Labute approximate surface area is 148 Å². The Morgan fingerprint density at radius 1 is 1.24 bits per heavy atom. The second kappa shape index (κ2) is 7.98. The second-order valence-electron chi connectivity index (χ2n) is 5.40. The first-order valence-corrected chi connectivity index (χ1v) is 9.00. The number of urea groups is 1. The van der Waals surface area contributed by atoms with Gasteiger partial charge < -0.3 is 9.73 Å². The Morgan fingerprint density at radius 3 is 2.92 bits per heavy atom. The van der Waals surface area contributed by atoms with Crippen molar-refractivity contribution in [2.45, 2.75) is 24.8 Å². The van der Waals surface area contributed by atoms with Crippen LogP contribution in [0.25, 0.3) is 22.1 Å². The number of carbonyl (C=O) groups is 2. The van der Waals surface area contributed by atoms with Crippen LogP contribution < -0.4 is 10.6 Å². The van der Waals surface area contributed by atoms with Crippen LogP contribution in [0.15, 0.2) is 40.0 Å². The number of hydrogen-bond acceptors (Lipinski definition) is 6. The highest BCUT2D eigenvalue weighted by Crippen LogP contribution is 2.32. The number of thioether (sulfide) groups is 1. The molecule has 0 atom stereocenters. The minimum absolute atomic E-state index is 0.0599. The van der Waals surface area contributed by atoms with Crippen molar-refractivity contribution in [1.29, 1.82) is 0 Å². The van der Waals surface area contributed by atoms with Crippen molar-refractivity contribution in [3.05, 3.63) is 30.6 Å². The number of amides is 3. The number of furan rings is 1. The van der Waals surface area contributed by atoms with Crippen LogP contribution in [0.5, 0.6) is 0 Å². The summed E-state index contributed by atoms with van der Waals surface area (Å²) in [5.74, 6) is -0.327. The molecule has 0 aliphatic heterocycles. The van der Waals surface area contributed by atoms with E-state index in [0.717, 1.165) is 23.8 Å². The number of imide groups is 1. The van der Waals surface area contributed by atoms with Gasteiger partial charge in [-0.15, -0.1) is 0 Å². The lowest BCUT2D eigenvalue weighted by atomic mass is 10.2. The molecule has 1 aromatic carbocycles. The van der Waals surface area contributed by atoms with Crippen LogP contribution in [-0.2, 0) is 4.79 Å². The molecule has 0 aliphatic carbocycles. The van der Waals surface area contributed by atoms with E-state index in [0.29, 0.717) is 22.7 Å². The van der Waals surface area contributed by atoms with Crippen LogP contribution in [0, 0.1) is 0 Å². The van der Waals surface area contributed by atoms with Gasteiger partial charge in [0.25, 0.3) is 0 Å². The molecule has 8 heteroatoms. The van der Waals surface area contributed by atoms with Crippen LogP contribution in [0.1, 0.15) is 19.8 Å². The predicted molar refractivity (Wildman–Crippen MR) is 96.5 cm³/mol. The number of fused-ring (bicyclic) bond motifs is 3. The average molecular weight is 358 g/mol. The molecule has 0 radical (unpaired) electrons. The summed E-state index contributed by atoms with van der Waals surface area (Å²) in [6.07, 6.45) is 3.30. The number of unbranched alkanes of at least 4 members (excludes halogenated alkanes) is 1. The van der Waals surface area contributed by atoms with E-state index in [-0.39, 0.29) is 11.7 Å². The maximum atomic E-state index is 11.9. The molecule has 0 saturated carbocycles. The minimum Gasteiger partial charge on any atom is -0.451 e. The second-order valence-corrected chi connectivity index (χ2v) is 6.37. The van der Waals surface area contributed by atoms with Gasteiger partial charge in [-0.05, 0) is 18.6 Å². The molecule has 130 valence electrons. The largest absolute Gasteiger partial charge is 0.451 e. The van der Waals surface area contributed by atoms with Crippen molar-refractivity contribution < 1.29 is 14.0 Å². The molecule has 0 bridgehead atoms. The molecular formula is C17H18N4O3S. The van der Waals surface area contributed by atoms with Crippen molar-refractivity contribution in [3.8, 4) is 0 Å². The summed E-state index contributed by atoms with van der Waals surface area (Å²) in [7, 11) is 0. The van der Waals surface area contributed by atoms with Crippen molar-refractivity contribution in [1.82, 2.24) is 20.6 Å². The first kappa shape index (κ1) is 17.2. The Kier molecular flexibility index (Phi) is 5.49. The van der Waals surface area contributed by atoms with E-state index in [2.05, 4.69) is 20.6 Å². The molecule has 3 rings (SSSR count). The minimum atomic E-state index is -0.476. The Hall–Kier alpha value is -2.61. The van der Waals surface area contributed by atoms with E-state index in [9.17, 15) is 9.59 Å². The summed E-state index contributed by atoms with van der Waals surface area (Å²) < 4.78 is 5.81. The molecule has 2 aromatic heterocycles.